The number of amides is 1. The zero-order valence-corrected chi connectivity index (χ0v) is 10.7. The minimum atomic E-state index is 0.0763. The maximum Gasteiger partial charge on any atom is 0.232 e. The summed E-state index contributed by atoms with van der Waals surface area (Å²) in [5.74, 6) is 0.0763. The maximum absolute atomic E-state index is 12.2. The molecule has 4 heteroatoms. The highest BCUT2D eigenvalue weighted by Crippen LogP contribution is 2.16. The minimum absolute atomic E-state index is 0.0763. The number of carbonyl (C=O) groups excluding carboxylic acids is 1. The summed E-state index contributed by atoms with van der Waals surface area (Å²) in [6, 6.07) is 7.98. The maximum atomic E-state index is 12.2. The second-order valence-electron chi connectivity index (χ2n) is 4.23. The molecule has 1 N–H and O–H groups in total. The van der Waals surface area contributed by atoms with Crippen molar-refractivity contribution in [1.29, 1.82) is 0 Å². The topological polar surface area (TPSA) is 49.0 Å². The van der Waals surface area contributed by atoms with Gasteiger partial charge in [0.15, 0.2) is 0 Å². The standard InChI is InChI=1S/C14H17N3O/c1-3-17(13-6-4-5-11(2)7-13)14(18)8-12-9-15-10-16-12/h4-7,9-10H,3,8H2,1-2H3,(H,15,16). The first-order valence-corrected chi connectivity index (χ1v) is 6.05. The summed E-state index contributed by atoms with van der Waals surface area (Å²) in [5, 5.41) is 0. The number of benzene rings is 1. The van der Waals surface area contributed by atoms with E-state index in [2.05, 4.69) is 9.97 Å². The van der Waals surface area contributed by atoms with Crippen LogP contribution in [0, 0.1) is 6.92 Å². The second kappa shape index (κ2) is 5.49. The number of imidazole rings is 1. The Kier molecular flexibility index (Phi) is 3.77. The molecule has 4 nitrogen and oxygen atoms in total. The van der Waals surface area contributed by atoms with Gasteiger partial charge in [0.1, 0.15) is 0 Å². The molecular formula is C14H17N3O. The molecule has 2 rings (SSSR count). The van der Waals surface area contributed by atoms with Gasteiger partial charge in [0.05, 0.1) is 12.7 Å². The van der Waals surface area contributed by atoms with Crippen molar-refractivity contribution >= 4 is 11.6 Å². The first-order valence-electron chi connectivity index (χ1n) is 6.05. The lowest BCUT2D eigenvalue weighted by Crippen LogP contribution is -2.32. The molecule has 0 atom stereocenters. The Morgan fingerprint density at radius 3 is 2.89 bits per heavy atom. The average molecular weight is 243 g/mol. The number of hydrogen-bond acceptors (Lipinski definition) is 2. The normalized spacial score (nSPS) is 10.3. The van der Waals surface area contributed by atoms with Crippen molar-refractivity contribution in [2.75, 3.05) is 11.4 Å². The van der Waals surface area contributed by atoms with E-state index >= 15 is 0 Å². The van der Waals surface area contributed by atoms with Crippen molar-refractivity contribution < 1.29 is 4.79 Å². The molecule has 18 heavy (non-hydrogen) atoms. The van der Waals surface area contributed by atoms with Gasteiger partial charge in [-0.05, 0) is 31.5 Å². The molecule has 0 spiro atoms. The van der Waals surface area contributed by atoms with E-state index in [1.165, 1.54) is 0 Å². The number of aromatic amines is 1. The molecule has 1 aromatic heterocycles. The lowest BCUT2D eigenvalue weighted by molar-refractivity contribution is -0.118. The van der Waals surface area contributed by atoms with Crippen LogP contribution in [-0.2, 0) is 11.2 Å². The third-order valence-electron chi connectivity index (χ3n) is 2.83. The number of likely N-dealkylation sites (N-methyl/N-ethyl adjacent to an activating group) is 1. The Hall–Kier alpha value is -2.10. The molecule has 1 amide bonds. The quantitative estimate of drug-likeness (QED) is 0.895. The summed E-state index contributed by atoms with van der Waals surface area (Å²) in [6.45, 7) is 4.67. The molecular weight excluding hydrogens is 226 g/mol. The number of carbonyl (C=O) groups is 1. The van der Waals surface area contributed by atoms with Crippen LogP contribution < -0.4 is 4.90 Å². The molecule has 2 aromatic rings. The molecule has 0 unspecified atom stereocenters. The summed E-state index contributed by atoms with van der Waals surface area (Å²) >= 11 is 0. The molecule has 94 valence electrons. The first kappa shape index (κ1) is 12.4. The van der Waals surface area contributed by atoms with E-state index in [1.807, 2.05) is 38.1 Å². The number of rotatable bonds is 4. The van der Waals surface area contributed by atoms with Crippen LogP contribution in [-0.4, -0.2) is 22.4 Å². The van der Waals surface area contributed by atoms with Gasteiger partial charge >= 0.3 is 0 Å². The first-order chi connectivity index (χ1) is 8.70. The van der Waals surface area contributed by atoms with E-state index in [1.54, 1.807) is 17.4 Å². The van der Waals surface area contributed by atoms with Crippen LogP contribution in [0.15, 0.2) is 36.8 Å². The van der Waals surface area contributed by atoms with E-state index in [0.29, 0.717) is 13.0 Å². The van der Waals surface area contributed by atoms with Crippen molar-refractivity contribution in [2.24, 2.45) is 0 Å². The van der Waals surface area contributed by atoms with Crippen molar-refractivity contribution in [3.63, 3.8) is 0 Å². The van der Waals surface area contributed by atoms with Gasteiger partial charge in [-0.25, -0.2) is 4.98 Å². The van der Waals surface area contributed by atoms with Gasteiger partial charge in [-0.2, -0.15) is 0 Å². The summed E-state index contributed by atoms with van der Waals surface area (Å²) < 4.78 is 0. The predicted octanol–water partition coefficient (Wildman–Crippen LogP) is 2.31. The van der Waals surface area contributed by atoms with Crippen LogP contribution in [0.4, 0.5) is 5.69 Å². The number of aromatic nitrogens is 2. The van der Waals surface area contributed by atoms with Crippen molar-refractivity contribution in [1.82, 2.24) is 9.97 Å². The molecule has 0 saturated carbocycles. The van der Waals surface area contributed by atoms with E-state index in [-0.39, 0.29) is 5.91 Å². The predicted molar refractivity (Wildman–Crippen MR) is 71.5 cm³/mol. The van der Waals surface area contributed by atoms with Crippen molar-refractivity contribution in [3.8, 4) is 0 Å². The number of H-pyrrole nitrogens is 1. The summed E-state index contributed by atoms with van der Waals surface area (Å²) in [5.41, 5.74) is 2.94. The van der Waals surface area contributed by atoms with Gasteiger partial charge in [-0.15, -0.1) is 0 Å². The fraction of sp³-hybridized carbons (Fsp3) is 0.286. The van der Waals surface area contributed by atoms with Crippen LogP contribution in [0.3, 0.4) is 0 Å². The summed E-state index contributed by atoms with van der Waals surface area (Å²) in [7, 11) is 0. The highest BCUT2D eigenvalue weighted by Gasteiger charge is 2.14. The van der Waals surface area contributed by atoms with Gasteiger partial charge in [0.2, 0.25) is 5.91 Å². The van der Waals surface area contributed by atoms with E-state index < -0.39 is 0 Å². The Morgan fingerprint density at radius 2 is 2.28 bits per heavy atom. The third kappa shape index (κ3) is 2.77. The molecule has 0 saturated heterocycles. The van der Waals surface area contributed by atoms with Crippen molar-refractivity contribution in [2.45, 2.75) is 20.3 Å². The fourth-order valence-electron chi connectivity index (χ4n) is 1.94. The lowest BCUT2D eigenvalue weighted by Gasteiger charge is -2.21. The van der Waals surface area contributed by atoms with Gasteiger partial charge in [0, 0.05) is 24.1 Å². The number of hydrogen-bond donors (Lipinski definition) is 1. The minimum Gasteiger partial charge on any atom is -0.348 e. The van der Waals surface area contributed by atoms with E-state index in [9.17, 15) is 4.79 Å². The van der Waals surface area contributed by atoms with Gasteiger partial charge in [-0.1, -0.05) is 12.1 Å². The third-order valence-corrected chi connectivity index (χ3v) is 2.83. The van der Waals surface area contributed by atoms with Crippen LogP contribution in [0.25, 0.3) is 0 Å². The molecule has 0 fully saturated rings. The number of aryl methyl sites for hydroxylation is 1. The lowest BCUT2D eigenvalue weighted by atomic mass is 10.2. The molecule has 0 aliphatic rings. The zero-order chi connectivity index (χ0) is 13.0. The number of anilines is 1. The Labute approximate surface area is 107 Å². The van der Waals surface area contributed by atoms with Crippen LogP contribution >= 0.6 is 0 Å². The molecule has 0 aliphatic carbocycles. The summed E-state index contributed by atoms with van der Waals surface area (Å²) in [6.07, 6.45) is 3.62. The Morgan fingerprint density at radius 1 is 1.44 bits per heavy atom. The Balaban J connectivity index is 2.15. The van der Waals surface area contributed by atoms with Crippen LogP contribution in [0.2, 0.25) is 0 Å². The molecule has 0 bridgehead atoms. The van der Waals surface area contributed by atoms with Crippen LogP contribution in [0.1, 0.15) is 18.2 Å². The average Bonchev–Trinajstić information content (AvgIpc) is 2.83. The summed E-state index contributed by atoms with van der Waals surface area (Å²) in [4.78, 5) is 20.9. The van der Waals surface area contributed by atoms with Crippen molar-refractivity contribution in [3.05, 3.63) is 48.0 Å². The number of nitrogens with zero attached hydrogens (tertiary/aromatic N) is 2. The van der Waals surface area contributed by atoms with E-state index in [0.717, 1.165) is 16.9 Å². The molecule has 0 radical (unpaired) electrons. The number of nitrogens with one attached hydrogen (secondary N) is 1. The largest absolute Gasteiger partial charge is 0.348 e. The second-order valence-corrected chi connectivity index (χ2v) is 4.23. The van der Waals surface area contributed by atoms with Gasteiger partial charge in [-0.3, -0.25) is 4.79 Å². The smallest absolute Gasteiger partial charge is 0.232 e. The Bertz CT molecular complexity index is 520. The van der Waals surface area contributed by atoms with Crippen LogP contribution in [0.5, 0.6) is 0 Å². The highest BCUT2D eigenvalue weighted by molar-refractivity contribution is 5.94. The monoisotopic (exact) mass is 243 g/mol. The van der Waals surface area contributed by atoms with Gasteiger partial charge in [0.25, 0.3) is 0 Å². The SMILES string of the molecule is CCN(C(=O)Cc1cnc[nH]1)c1cccc(C)c1. The fourth-order valence-corrected chi connectivity index (χ4v) is 1.94. The molecule has 1 aromatic carbocycles. The zero-order valence-electron chi connectivity index (χ0n) is 10.7. The molecule has 1 heterocycles. The highest BCUT2D eigenvalue weighted by atomic mass is 16.2. The molecule has 0 aliphatic heterocycles. The van der Waals surface area contributed by atoms with Gasteiger partial charge < -0.3 is 9.88 Å². The van der Waals surface area contributed by atoms with E-state index in [4.69, 9.17) is 0 Å².